The molecule has 0 amide bonds. The molecule has 0 spiro atoms. The molecule has 1 saturated carbocycles. The van der Waals surface area contributed by atoms with Crippen LogP contribution in [0.1, 0.15) is 31.5 Å². The second-order valence-corrected chi connectivity index (χ2v) is 7.32. The summed E-state index contributed by atoms with van der Waals surface area (Å²) in [5.41, 5.74) is 0. The van der Waals surface area contributed by atoms with E-state index in [1.165, 1.54) is 0 Å². The van der Waals surface area contributed by atoms with Crippen molar-refractivity contribution in [3.63, 3.8) is 0 Å². The number of nitrogens with one attached hydrogen (secondary N) is 1. The molecule has 1 aliphatic heterocycles. The SMILES string of the molecule is Cc1nc(NC[C@@H]2CCCC[C@@H]2C(=O)O)cc(N2CCN(C)CC2)n1. The molecule has 2 heterocycles. The highest BCUT2D eigenvalue weighted by Gasteiger charge is 2.30. The van der Waals surface area contributed by atoms with Gasteiger partial charge < -0.3 is 20.2 Å². The lowest BCUT2D eigenvalue weighted by Crippen LogP contribution is -2.44. The Kier molecular flexibility index (Phi) is 5.73. The zero-order valence-corrected chi connectivity index (χ0v) is 15.2. The highest BCUT2D eigenvalue weighted by atomic mass is 16.4. The van der Waals surface area contributed by atoms with Gasteiger partial charge in [-0.3, -0.25) is 4.79 Å². The van der Waals surface area contributed by atoms with Crippen LogP contribution in [0.2, 0.25) is 0 Å². The molecule has 1 aromatic heterocycles. The van der Waals surface area contributed by atoms with Gasteiger partial charge in [0.15, 0.2) is 0 Å². The number of likely N-dealkylation sites (N-methyl/N-ethyl adjacent to an activating group) is 1. The van der Waals surface area contributed by atoms with E-state index < -0.39 is 5.97 Å². The van der Waals surface area contributed by atoms with E-state index in [2.05, 4.69) is 32.1 Å². The second-order valence-electron chi connectivity index (χ2n) is 7.32. The summed E-state index contributed by atoms with van der Waals surface area (Å²) in [6.45, 7) is 6.58. The first-order chi connectivity index (χ1) is 12.0. The van der Waals surface area contributed by atoms with Crippen molar-refractivity contribution in [3.05, 3.63) is 11.9 Å². The van der Waals surface area contributed by atoms with Crippen LogP contribution in [0.4, 0.5) is 11.6 Å². The molecule has 3 rings (SSSR count). The first kappa shape index (κ1) is 17.9. The average Bonchev–Trinajstić information content (AvgIpc) is 2.60. The highest BCUT2D eigenvalue weighted by molar-refractivity contribution is 5.70. The largest absolute Gasteiger partial charge is 0.481 e. The van der Waals surface area contributed by atoms with Crippen molar-refractivity contribution in [3.8, 4) is 0 Å². The van der Waals surface area contributed by atoms with Gasteiger partial charge in [0.1, 0.15) is 17.5 Å². The molecular weight excluding hydrogens is 318 g/mol. The molecule has 7 nitrogen and oxygen atoms in total. The second kappa shape index (κ2) is 7.99. The number of carbonyl (C=O) groups is 1. The van der Waals surface area contributed by atoms with Gasteiger partial charge in [0.25, 0.3) is 0 Å². The smallest absolute Gasteiger partial charge is 0.306 e. The van der Waals surface area contributed by atoms with E-state index in [1.54, 1.807) is 0 Å². The number of carboxylic acid groups (broad SMARTS) is 1. The van der Waals surface area contributed by atoms with Crippen LogP contribution in [0, 0.1) is 18.8 Å². The average molecular weight is 347 g/mol. The Balaban J connectivity index is 1.65. The van der Waals surface area contributed by atoms with Crippen LogP contribution in [0.15, 0.2) is 6.07 Å². The van der Waals surface area contributed by atoms with Crippen molar-refractivity contribution >= 4 is 17.6 Å². The summed E-state index contributed by atoms with van der Waals surface area (Å²) in [4.78, 5) is 25.1. The van der Waals surface area contributed by atoms with Gasteiger partial charge in [-0.05, 0) is 32.7 Å². The molecule has 0 bridgehead atoms. The monoisotopic (exact) mass is 347 g/mol. The Morgan fingerprint density at radius 1 is 1.24 bits per heavy atom. The molecule has 1 aromatic rings. The number of aryl methyl sites for hydroxylation is 1. The van der Waals surface area contributed by atoms with E-state index in [0.29, 0.717) is 6.54 Å². The molecule has 2 N–H and O–H groups in total. The zero-order chi connectivity index (χ0) is 17.8. The minimum absolute atomic E-state index is 0.175. The fourth-order valence-corrected chi connectivity index (χ4v) is 3.85. The van der Waals surface area contributed by atoms with Crippen molar-refractivity contribution in [1.29, 1.82) is 0 Å². The van der Waals surface area contributed by atoms with Crippen LogP contribution in [0.25, 0.3) is 0 Å². The van der Waals surface area contributed by atoms with Gasteiger partial charge in [-0.1, -0.05) is 12.8 Å². The number of hydrogen-bond acceptors (Lipinski definition) is 6. The van der Waals surface area contributed by atoms with Gasteiger partial charge in [0.05, 0.1) is 5.92 Å². The third kappa shape index (κ3) is 4.60. The molecule has 2 atom stereocenters. The number of piperazine rings is 1. The Labute approximate surface area is 149 Å². The quantitative estimate of drug-likeness (QED) is 0.841. The molecule has 138 valence electrons. The number of nitrogens with zero attached hydrogens (tertiary/aromatic N) is 4. The molecule has 7 heteroatoms. The number of rotatable bonds is 5. The Morgan fingerprint density at radius 3 is 2.68 bits per heavy atom. The summed E-state index contributed by atoms with van der Waals surface area (Å²) in [5, 5.41) is 12.8. The molecule has 2 aliphatic rings. The van der Waals surface area contributed by atoms with Crippen LogP contribution in [0.5, 0.6) is 0 Å². The van der Waals surface area contributed by atoms with Crippen LogP contribution >= 0.6 is 0 Å². The Hall–Kier alpha value is -1.89. The van der Waals surface area contributed by atoms with Crippen LogP contribution in [0.3, 0.4) is 0 Å². The van der Waals surface area contributed by atoms with Gasteiger partial charge in [0, 0.05) is 38.8 Å². The topological polar surface area (TPSA) is 81.6 Å². The van der Waals surface area contributed by atoms with E-state index in [4.69, 9.17) is 0 Å². The maximum atomic E-state index is 11.5. The normalized spacial score (nSPS) is 25.0. The molecule has 1 aliphatic carbocycles. The molecule has 1 saturated heterocycles. The lowest BCUT2D eigenvalue weighted by molar-refractivity contribution is -0.144. The van der Waals surface area contributed by atoms with E-state index in [-0.39, 0.29) is 11.8 Å². The number of aliphatic carboxylic acids is 1. The lowest BCUT2D eigenvalue weighted by atomic mass is 9.79. The van der Waals surface area contributed by atoms with Crippen molar-refractivity contribution in [2.75, 3.05) is 50.0 Å². The van der Waals surface area contributed by atoms with Gasteiger partial charge in [-0.25, -0.2) is 9.97 Å². The summed E-state index contributed by atoms with van der Waals surface area (Å²) < 4.78 is 0. The first-order valence-electron chi connectivity index (χ1n) is 9.29. The van der Waals surface area contributed by atoms with E-state index in [9.17, 15) is 9.90 Å². The van der Waals surface area contributed by atoms with E-state index in [1.807, 2.05) is 13.0 Å². The van der Waals surface area contributed by atoms with Crippen molar-refractivity contribution in [1.82, 2.24) is 14.9 Å². The van der Waals surface area contributed by atoms with Crippen LogP contribution < -0.4 is 10.2 Å². The third-order valence-electron chi connectivity index (χ3n) is 5.42. The summed E-state index contributed by atoms with van der Waals surface area (Å²) in [7, 11) is 2.14. The molecule has 0 unspecified atom stereocenters. The standard InChI is InChI=1S/C18H29N5O2/c1-13-20-16(11-17(21-13)23-9-7-22(2)8-10-23)19-12-14-5-3-4-6-15(14)18(24)25/h11,14-15H,3-10,12H2,1-2H3,(H,24,25)(H,19,20,21)/t14-,15-/m0/s1. The number of hydrogen-bond donors (Lipinski definition) is 2. The summed E-state index contributed by atoms with van der Waals surface area (Å²) in [6.07, 6.45) is 3.90. The zero-order valence-electron chi connectivity index (χ0n) is 15.2. The van der Waals surface area contributed by atoms with Gasteiger partial charge in [-0.2, -0.15) is 0 Å². The number of carboxylic acids is 1. The maximum absolute atomic E-state index is 11.5. The summed E-state index contributed by atoms with van der Waals surface area (Å²) >= 11 is 0. The number of aromatic nitrogens is 2. The van der Waals surface area contributed by atoms with Crippen molar-refractivity contribution in [2.45, 2.75) is 32.6 Å². The maximum Gasteiger partial charge on any atom is 0.306 e. The number of anilines is 2. The lowest BCUT2D eigenvalue weighted by Gasteiger charge is -2.33. The summed E-state index contributed by atoms with van der Waals surface area (Å²) in [5.74, 6) is 1.79. The van der Waals surface area contributed by atoms with Crippen LogP contribution in [-0.2, 0) is 4.79 Å². The predicted molar refractivity (Wildman–Crippen MR) is 98.1 cm³/mol. The van der Waals surface area contributed by atoms with Gasteiger partial charge >= 0.3 is 5.97 Å². The van der Waals surface area contributed by atoms with Crippen molar-refractivity contribution in [2.24, 2.45) is 11.8 Å². The predicted octanol–water partition coefficient (Wildman–Crippen LogP) is 1.84. The Morgan fingerprint density at radius 2 is 1.96 bits per heavy atom. The molecular formula is C18H29N5O2. The highest BCUT2D eigenvalue weighted by Crippen LogP contribution is 2.30. The first-order valence-corrected chi connectivity index (χ1v) is 9.29. The van der Waals surface area contributed by atoms with E-state index >= 15 is 0 Å². The van der Waals surface area contributed by atoms with Crippen molar-refractivity contribution < 1.29 is 9.90 Å². The van der Waals surface area contributed by atoms with E-state index in [0.717, 1.165) is 69.3 Å². The molecule has 0 aromatic carbocycles. The Bertz CT molecular complexity index is 601. The molecule has 0 radical (unpaired) electrons. The minimum Gasteiger partial charge on any atom is -0.481 e. The molecule has 25 heavy (non-hydrogen) atoms. The third-order valence-corrected chi connectivity index (χ3v) is 5.42. The fourth-order valence-electron chi connectivity index (χ4n) is 3.85. The van der Waals surface area contributed by atoms with Crippen LogP contribution in [-0.4, -0.2) is 65.7 Å². The van der Waals surface area contributed by atoms with Gasteiger partial charge in [-0.15, -0.1) is 0 Å². The van der Waals surface area contributed by atoms with Gasteiger partial charge in [0.2, 0.25) is 0 Å². The molecule has 2 fully saturated rings. The minimum atomic E-state index is -0.663. The fraction of sp³-hybridized carbons (Fsp3) is 0.722. The summed E-state index contributed by atoms with van der Waals surface area (Å²) in [6, 6.07) is 2.00.